The first kappa shape index (κ1) is 24.3. The van der Waals surface area contributed by atoms with Crippen molar-refractivity contribution in [2.75, 3.05) is 19.8 Å². The van der Waals surface area contributed by atoms with Gasteiger partial charge in [-0.3, -0.25) is 4.79 Å². The summed E-state index contributed by atoms with van der Waals surface area (Å²) in [5.74, 6) is 0.188. The Hall–Kier alpha value is -2.32. The molecule has 1 aliphatic heterocycles. The number of furan rings is 1. The number of sulfone groups is 1. The second-order valence-electron chi connectivity index (χ2n) is 8.40. The van der Waals surface area contributed by atoms with E-state index in [1.165, 1.54) is 38.5 Å². The maximum Gasteiger partial charge on any atom is 0.327 e. The van der Waals surface area contributed by atoms with Crippen molar-refractivity contribution in [1.82, 2.24) is 5.32 Å². The minimum Gasteiger partial charge on any atom is -0.494 e. The van der Waals surface area contributed by atoms with Crippen molar-refractivity contribution in [3.8, 4) is 5.75 Å². The monoisotopic (exact) mass is 463 g/mol. The number of ether oxygens (including phenoxy) is 2. The molecule has 3 rings (SSSR count). The minimum absolute atomic E-state index is 0.00401. The number of carbonyl (C=O) groups is 1. The molecule has 2 unspecified atom stereocenters. The van der Waals surface area contributed by atoms with Crippen LogP contribution in [0.5, 0.6) is 5.75 Å². The summed E-state index contributed by atoms with van der Waals surface area (Å²) in [4.78, 5) is 12.8. The van der Waals surface area contributed by atoms with Gasteiger partial charge in [0.25, 0.3) is 0 Å². The molecule has 1 saturated heterocycles. The molecule has 0 bridgehead atoms. The summed E-state index contributed by atoms with van der Waals surface area (Å²) in [6, 6.07) is 9.09. The number of esters is 1. The molecule has 0 radical (unpaired) electrons. The average Bonchev–Trinajstić information content (AvgIpc) is 3.22. The van der Waals surface area contributed by atoms with Gasteiger partial charge in [0.2, 0.25) is 0 Å². The van der Waals surface area contributed by atoms with Gasteiger partial charge in [0.15, 0.2) is 14.6 Å². The van der Waals surface area contributed by atoms with Crippen LogP contribution in [0, 0.1) is 6.92 Å². The Labute approximate surface area is 190 Å². The Morgan fingerprint density at radius 3 is 2.56 bits per heavy atom. The lowest BCUT2D eigenvalue weighted by Crippen LogP contribution is -2.47. The lowest BCUT2D eigenvalue weighted by Gasteiger charge is -2.27. The molecule has 0 spiro atoms. The van der Waals surface area contributed by atoms with E-state index in [0.29, 0.717) is 18.2 Å². The SMILES string of the molecule is CCOC(=O)C(C)(Cc1ccc(OCCC2CCCCN2)cc1)S(=O)(=O)c1ccoc1C. The van der Waals surface area contributed by atoms with Crippen molar-refractivity contribution >= 4 is 15.8 Å². The number of nitrogens with one attached hydrogen (secondary N) is 1. The van der Waals surface area contributed by atoms with Crippen molar-refractivity contribution in [2.45, 2.75) is 68.6 Å². The second-order valence-corrected chi connectivity index (χ2v) is 10.7. The second kappa shape index (κ2) is 10.5. The molecule has 2 heterocycles. The average molecular weight is 464 g/mol. The molecule has 1 aromatic carbocycles. The zero-order valence-electron chi connectivity index (χ0n) is 19.1. The molecule has 1 aliphatic rings. The van der Waals surface area contributed by atoms with Crippen LogP contribution in [0.1, 0.15) is 50.9 Å². The van der Waals surface area contributed by atoms with Crippen LogP contribution < -0.4 is 10.1 Å². The number of aryl methyl sites for hydroxylation is 1. The van der Waals surface area contributed by atoms with Crippen LogP contribution in [0.2, 0.25) is 0 Å². The van der Waals surface area contributed by atoms with Crippen LogP contribution in [-0.4, -0.2) is 44.9 Å². The summed E-state index contributed by atoms with van der Waals surface area (Å²) in [6.07, 6.45) is 5.91. The number of rotatable bonds is 10. The predicted molar refractivity (Wildman–Crippen MR) is 122 cm³/mol. The van der Waals surface area contributed by atoms with E-state index in [2.05, 4.69) is 5.32 Å². The smallest absolute Gasteiger partial charge is 0.327 e. The Morgan fingerprint density at radius 1 is 1.22 bits per heavy atom. The van der Waals surface area contributed by atoms with Crippen molar-refractivity contribution < 1.29 is 27.1 Å². The fourth-order valence-electron chi connectivity index (χ4n) is 4.04. The topological polar surface area (TPSA) is 94.8 Å². The highest BCUT2D eigenvalue weighted by Gasteiger charge is 2.49. The normalized spacial score (nSPS) is 18.7. The lowest BCUT2D eigenvalue weighted by atomic mass is 10.00. The van der Waals surface area contributed by atoms with Gasteiger partial charge in [0.05, 0.1) is 19.5 Å². The minimum atomic E-state index is -4.05. The molecule has 1 fully saturated rings. The molecule has 7 nitrogen and oxygen atoms in total. The third-order valence-electron chi connectivity index (χ3n) is 6.01. The molecule has 1 aromatic heterocycles. The molecule has 0 amide bonds. The standard InChI is InChI=1S/C24H33NO6S/c1-4-29-23(26)24(3,32(27,28)22-13-16-30-18(22)2)17-19-8-10-21(11-9-19)31-15-12-20-7-5-6-14-25-20/h8-11,13,16,20,25H,4-7,12,14-15,17H2,1-3H3. The molecule has 0 saturated carbocycles. The van der Waals surface area contributed by atoms with E-state index in [4.69, 9.17) is 13.9 Å². The van der Waals surface area contributed by atoms with Crippen molar-refractivity contribution in [1.29, 1.82) is 0 Å². The van der Waals surface area contributed by atoms with E-state index in [9.17, 15) is 13.2 Å². The van der Waals surface area contributed by atoms with Crippen molar-refractivity contribution in [2.24, 2.45) is 0 Å². The van der Waals surface area contributed by atoms with E-state index in [-0.39, 0.29) is 23.7 Å². The summed E-state index contributed by atoms with van der Waals surface area (Å²) in [5, 5.41) is 3.50. The van der Waals surface area contributed by atoms with Crippen molar-refractivity contribution in [3.05, 3.63) is 47.9 Å². The van der Waals surface area contributed by atoms with Gasteiger partial charge in [0.1, 0.15) is 16.4 Å². The van der Waals surface area contributed by atoms with E-state index in [1.807, 2.05) is 12.1 Å². The first-order valence-corrected chi connectivity index (χ1v) is 12.7. The maximum atomic E-state index is 13.4. The Morgan fingerprint density at radius 2 is 1.97 bits per heavy atom. The van der Waals surface area contributed by atoms with Gasteiger partial charge in [-0.15, -0.1) is 0 Å². The van der Waals surface area contributed by atoms with Crippen LogP contribution in [0.15, 0.2) is 45.9 Å². The Kier molecular flexibility index (Phi) is 8.00. The fraction of sp³-hybridized carbons (Fsp3) is 0.542. The summed E-state index contributed by atoms with van der Waals surface area (Å²) in [6.45, 7) is 6.41. The molecule has 176 valence electrons. The van der Waals surface area contributed by atoms with Gasteiger partial charge in [-0.25, -0.2) is 8.42 Å². The molecule has 2 aromatic rings. The maximum absolute atomic E-state index is 13.4. The van der Waals surface area contributed by atoms with E-state index in [1.54, 1.807) is 26.0 Å². The van der Waals surface area contributed by atoms with E-state index < -0.39 is 20.6 Å². The van der Waals surface area contributed by atoms with Crippen LogP contribution in [0.4, 0.5) is 0 Å². The van der Waals surface area contributed by atoms with Crippen LogP contribution in [0.3, 0.4) is 0 Å². The highest BCUT2D eigenvalue weighted by molar-refractivity contribution is 7.93. The third-order valence-corrected chi connectivity index (χ3v) is 8.51. The van der Waals surface area contributed by atoms with Gasteiger partial charge in [-0.05, 0) is 70.3 Å². The first-order chi connectivity index (χ1) is 15.3. The first-order valence-electron chi connectivity index (χ1n) is 11.2. The summed E-state index contributed by atoms with van der Waals surface area (Å²) < 4.78 is 41.3. The van der Waals surface area contributed by atoms with Gasteiger partial charge < -0.3 is 19.2 Å². The summed E-state index contributed by atoms with van der Waals surface area (Å²) >= 11 is 0. The molecular weight excluding hydrogens is 430 g/mol. The van der Waals surface area contributed by atoms with E-state index in [0.717, 1.165) is 18.7 Å². The predicted octanol–water partition coefficient (Wildman–Crippen LogP) is 3.84. The number of hydrogen-bond acceptors (Lipinski definition) is 7. The van der Waals surface area contributed by atoms with Gasteiger partial charge >= 0.3 is 5.97 Å². The molecule has 32 heavy (non-hydrogen) atoms. The summed E-state index contributed by atoms with van der Waals surface area (Å²) in [5.41, 5.74) is 0.701. The number of hydrogen-bond donors (Lipinski definition) is 1. The fourth-order valence-corrected chi connectivity index (χ4v) is 5.82. The van der Waals surface area contributed by atoms with Crippen LogP contribution in [-0.2, 0) is 25.8 Å². The quantitative estimate of drug-likeness (QED) is 0.535. The lowest BCUT2D eigenvalue weighted by molar-refractivity contribution is -0.145. The number of carbonyl (C=O) groups excluding carboxylic acids is 1. The van der Waals surface area contributed by atoms with Crippen molar-refractivity contribution in [3.63, 3.8) is 0 Å². The van der Waals surface area contributed by atoms with Gasteiger partial charge in [-0.1, -0.05) is 18.6 Å². The molecule has 1 N–H and O–H groups in total. The number of benzene rings is 1. The largest absolute Gasteiger partial charge is 0.494 e. The Balaban J connectivity index is 1.72. The molecular formula is C24H33NO6S. The molecule has 2 atom stereocenters. The third kappa shape index (κ3) is 5.35. The van der Waals surface area contributed by atoms with Gasteiger partial charge in [0, 0.05) is 12.5 Å². The zero-order valence-corrected chi connectivity index (χ0v) is 19.9. The summed E-state index contributed by atoms with van der Waals surface area (Å²) in [7, 11) is -4.05. The number of piperidine rings is 1. The van der Waals surface area contributed by atoms with Gasteiger partial charge in [-0.2, -0.15) is 0 Å². The van der Waals surface area contributed by atoms with Crippen LogP contribution in [0.25, 0.3) is 0 Å². The molecule has 0 aliphatic carbocycles. The Bertz CT molecular complexity index is 992. The highest BCUT2D eigenvalue weighted by atomic mass is 32.2. The van der Waals surface area contributed by atoms with Crippen LogP contribution >= 0.6 is 0 Å². The van der Waals surface area contributed by atoms with E-state index >= 15 is 0 Å². The highest BCUT2D eigenvalue weighted by Crippen LogP contribution is 2.33. The zero-order chi connectivity index (χ0) is 23.2. The molecule has 8 heteroatoms.